The summed E-state index contributed by atoms with van der Waals surface area (Å²) in [6.45, 7) is 2.46. The summed E-state index contributed by atoms with van der Waals surface area (Å²) in [5.41, 5.74) is 4.79. The lowest BCUT2D eigenvalue weighted by Crippen LogP contribution is -2.31. The first kappa shape index (κ1) is 14.6. The van der Waals surface area contributed by atoms with Gasteiger partial charge in [0, 0.05) is 13.6 Å². The number of aromatic nitrogens is 2. The summed E-state index contributed by atoms with van der Waals surface area (Å²) in [6.07, 6.45) is 1.98. The van der Waals surface area contributed by atoms with Crippen LogP contribution in [0.1, 0.15) is 13.3 Å². The third kappa shape index (κ3) is 4.05. The van der Waals surface area contributed by atoms with E-state index in [-0.39, 0.29) is 24.0 Å². The number of hydrogen-bond donors (Lipinski definition) is 2. The minimum absolute atomic E-state index is 0.0532. The molecule has 0 aromatic carbocycles. The van der Waals surface area contributed by atoms with Crippen LogP contribution < -0.4 is 16.0 Å². The number of nitrogens with two attached hydrogens (primary N) is 1. The fourth-order valence-corrected chi connectivity index (χ4v) is 1.41. The Morgan fingerprint density at radius 1 is 1.63 bits per heavy atom. The van der Waals surface area contributed by atoms with Gasteiger partial charge in [0.05, 0.1) is 11.5 Å². The Morgan fingerprint density at radius 3 is 2.84 bits per heavy atom. The lowest BCUT2D eigenvalue weighted by Gasteiger charge is -2.16. The molecule has 1 amide bonds. The number of nitrogens with one attached hydrogen (secondary N) is 1. The van der Waals surface area contributed by atoms with Crippen LogP contribution in [0.2, 0.25) is 0 Å². The van der Waals surface area contributed by atoms with Gasteiger partial charge in [0.1, 0.15) is 6.20 Å². The molecule has 9 nitrogen and oxygen atoms in total. The highest BCUT2D eigenvalue weighted by Crippen LogP contribution is 2.24. The van der Waals surface area contributed by atoms with E-state index in [4.69, 9.17) is 5.73 Å². The molecule has 0 radical (unpaired) electrons. The summed E-state index contributed by atoms with van der Waals surface area (Å²) in [5.74, 6) is -0.269. The summed E-state index contributed by atoms with van der Waals surface area (Å²) in [4.78, 5) is 30.4. The minimum Gasteiger partial charge on any atom is -0.368 e. The summed E-state index contributed by atoms with van der Waals surface area (Å²) in [7, 11) is 1.50. The number of rotatable bonds is 7. The first-order valence-corrected chi connectivity index (χ1v) is 5.70. The lowest BCUT2D eigenvalue weighted by molar-refractivity contribution is -0.384. The molecule has 1 heterocycles. The second kappa shape index (κ2) is 6.47. The van der Waals surface area contributed by atoms with Crippen molar-refractivity contribution in [3.05, 3.63) is 16.3 Å². The Labute approximate surface area is 110 Å². The first-order chi connectivity index (χ1) is 8.95. The van der Waals surface area contributed by atoms with E-state index in [9.17, 15) is 14.9 Å². The molecule has 0 aliphatic rings. The fraction of sp³-hybridized carbons (Fsp3) is 0.500. The minimum atomic E-state index is -0.601. The molecule has 0 spiro atoms. The van der Waals surface area contributed by atoms with Crippen molar-refractivity contribution in [2.75, 3.05) is 30.4 Å². The molecule has 1 aromatic rings. The summed E-state index contributed by atoms with van der Waals surface area (Å²) >= 11 is 0. The third-order valence-corrected chi connectivity index (χ3v) is 2.23. The van der Waals surface area contributed by atoms with Gasteiger partial charge < -0.3 is 16.0 Å². The molecule has 0 aliphatic carbocycles. The normalized spacial score (nSPS) is 10.0. The van der Waals surface area contributed by atoms with Crippen molar-refractivity contribution in [1.29, 1.82) is 0 Å². The van der Waals surface area contributed by atoms with Crippen molar-refractivity contribution < 1.29 is 9.72 Å². The van der Waals surface area contributed by atoms with E-state index in [1.807, 2.05) is 6.92 Å². The Bertz CT molecular complexity index is 478. The highest BCUT2D eigenvalue weighted by molar-refractivity contribution is 5.80. The quantitative estimate of drug-likeness (QED) is 0.531. The zero-order valence-corrected chi connectivity index (χ0v) is 10.8. The average molecular weight is 268 g/mol. The second-order valence-electron chi connectivity index (χ2n) is 3.91. The van der Waals surface area contributed by atoms with Gasteiger partial charge in [-0.1, -0.05) is 6.92 Å². The van der Waals surface area contributed by atoms with Gasteiger partial charge in [0.25, 0.3) is 0 Å². The second-order valence-corrected chi connectivity index (χ2v) is 3.91. The molecule has 9 heteroatoms. The van der Waals surface area contributed by atoms with Crippen LogP contribution in [-0.2, 0) is 4.79 Å². The van der Waals surface area contributed by atoms with Crippen LogP contribution in [-0.4, -0.2) is 40.9 Å². The Hall–Kier alpha value is -2.45. The maximum Gasteiger partial charge on any atom is 0.329 e. The smallest absolute Gasteiger partial charge is 0.329 e. The van der Waals surface area contributed by atoms with E-state index < -0.39 is 10.8 Å². The number of carbonyl (C=O) groups is 1. The topological polar surface area (TPSA) is 127 Å². The standard InChI is InChI=1S/C10H16N6O3/c1-3-4-12-10-13-5-7(16(18)19)9(14-10)15(2)6-8(11)17/h5H,3-4,6H2,1-2H3,(H2,11,17)(H,12,13,14). The molecule has 19 heavy (non-hydrogen) atoms. The van der Waals surface area contributed by atoms with E-state index in [1.54, 1.807) is 0 Å². The SMILES string of the molecule is CCCNc1ncc([N+](=O)[O-])c(N(C)CC(N)=O)n1. The van der Waals surface area contributed by atoms with Crippen LogP contribution in [0.5, 0.6) is 0 Å². The van der Waals surface area contributed by atoms with Crippen LogP contribution in [0.15, 0.2) is 6.20 Å². The molecule has 0 atom stereocenters. The Kier molecular flexibility index (Phi) is 4.98. The van der Waals surface area contributed by atoms with Gasteiger partial charge in [-0.25, -0.2) is 4.98 Å². The fourth-order valence-electron chi connectivity index (χ4n) is 1.41. The van der Waals surface area contributed by atoms with E-state index in [0.717, 1.165) is 12.6 Å². The van der Waals surface area contributed by atoms with Gasteiger partial charge in [-0.15, -0.1) is 0 Å². The number of nitrogens with zero attached hydrogens (tertiary/aromatic N) is 4. The molecule has 0 fully saturated rings. The van der Waals surface area contributed by atoms with Crippen LogP contribution >= 0.6 is 0 Å². The number of primary amides is 1. The molecule has 3 N–H and O–H groups in total. The largest absolute Gasteiger partial charge is 0.368 e. The van der Waals surface area contributed by atoms with E-state index >= 15 is 0 Å². The van der Waals surface area contributed by atoms with Crippen LogP contribution in [0.4, 0.5) is 17.5 Å². The number of amides is 1. The Morgan fingerprint density at radius 2 is 2.32 bits per heavy atom. The van der Waals surface area contributed by atoms with E-state index in [0.29, 0.717) is 6.54 Å². The summed E-state index contributed by atoms with van der Waals surface area (Å²) < 4.78 is 0. The highest BCUT2D eigenvalue weighted by Gasteiger charge is 2.21. The van der Waals surface area contributed by atoms with Crippen LogP contribution in [0.25, 0.3) is 0 Å². The highest BCUT2D eigenvalue weighted by atomic mass is 16.6. The third-order valence-electron chi connectivity index (χ3n) is 2.23. The van der Waals surface area contributed by atoms with Gasteiger partial charge >= 0.3 is 5.69 Å². The number of nitro groups is 1. The van der Waals surface area contributed by atoms with Crippen LogP contribution in [0, 0.1) is 10.1 Å². The van der Waals surface area contributed by atoms with Gasteiger partial charge in [-0.3, -0.25) is 14.9 Å². The van der Waals surface area contributed by atoms with Crippen molar-refractivity contribution >= 4 is 23.4 Å². The predicted octanol–water partition coefficient (Wildman–Crippen LogP) is 0.128. The van der Waals surface area contributed by atoms with Crippen molar-refractivity contribution in [3.63, 3.8) is 0 Å². The molecule has 0 aliphatic heterocycles. The van der Waals surface area contributed by atoms with Crippen molar-refractivity contribution in [2.45, 2.75) is 13.3 Å². The number of anilines is 2. The van der Waals surface area contributed by atoms with E-state index in [1.165, 1.54) is 11.9 Å². The molecule has 0 bridgehead atoms. The molecular weight excluding hydrogens is 252 g/mol. The molecule has 0 unspecified atom stereocenters. The molecule has 0 saturated heterocycles. The lowest BCUT2D eigenvalue weighted by atomic mass is 10.4. The van der Waals surface area contributed by atoms with Crippen molar-refractivity contribution in [1.82, 2.24) is 9.97 Å². The van der Waals surface area contributed by atoms with Crippen molar-refractivity contribution in [3.8, 4) is 0 Å². The van der Waals surface area contributed by atoms with Gasteiger partial charge in [-0.2, -0.15) is 4.98 Å². The molecule has 1 aromatic heterocycles. The molecule has 0 saturated carbocycles. The Balaban J connectivity index is 3.07. The first-order valence-electron chi connectivity index (χ1n) is 5.70. The van der Waals surface area contributed by atoms with Gasteiger partial charge in [-0.05, 0) is 6.42 Å². The summed E-state index contributed by atoms with van der Waals surface area (Å²) in [6, 6.07) is 0. The molecule has 104 valence electrons. The number of likely N-dealkylation sites (N-methyl/N-ethyl adjacent to an activating group) is 1. The number of hydrogen-bond acceptors (Lipinski definition) is 7. The zero-order chi connectivity index (χ0) is 14.4. The average Bonchev–Trinajstić information content (AvgIpc) is 2.35. The van der Waals surface area contributed by atoms with Crippen LogP contribution in [0.3, 0.4) is 0 Å². The number of carbonyl (C=O) groups excluding carboxylic acids is 1. The zero-order valence-electron chi connectivity index (χ0n) is 10.8. The molecule has 1 rings (SSSR count). The van der Waals surface area contributed by atoms with Gasteiger partial charge in [0.2, 0.25) is 17.7 Å². The maximum absolute atomic E-state index is 10.9. The van der Waals surface area contributed by atoms with E-state index in [2.05, 4.69) is 15.3 Å². The van der Waals surface area contributed by atoms with Crippen molar-refractivity contribution in [2.24, 2.45) is 5.73 Å². The molecular formula is C10H16N6O3. The summed E-state index contributed by atoms with van der Waals surface area (Å²) in [5, 5.41) is 13.8. The predicted molar refractivity (Wildman–Crippen MR) is 69.9 cm³/mol. The maximum atomic E-state index is 10.9. The monoisotopic (exact) mass is 268 g/mol. The van der Waals surface area contributed by atoms with Gasteiger partial charge in [0.15, 0.2) is 0 Å².